The highest BCUT2D eigenvalue weighted by atomic mass is 15.1. The lowest BCUT2D eigenvalue weighted by atomic mass is 9.90. The van der Waals surface area contributed by atoms with Crippen molar-refractivity contribution in [2.24, 2.45) is 11.3 Å². The summed E-state index contributed by atoms with van der Waals surface area (Å²) in [6, 6.07) is 0.754. The molecule has 0 radical (unpaired) electrons. The van der Waals surface area contributed by atoms with Crippen LogP contribution in [-0.2, 0) is 0 Å². The molecule has 1 saturated carbocycles. The largest absolute Gasteiger partial charge is 0.311 e. The summed E-state index contributed by atoms with van der Waals surface area (Å²) in [5.41, 5.74) is 0.559. The van der Waals surface area contributed by atoms with Crippen molar-refractivity contribution in [1.29, 1.82) is 0 Å². The minimum atomic E-state index is 0.220. The maximum absolute atomic E-state index is 3.62. The molecule has 102 valence electrons. The number of hydrogen-bond donors (Lipinski definition) is 1. The van der Waals surface area contributed by atoms with Crippen LogP contribution in [0.5, 0.6) is 0 Å². The van der Waals surface area contributed by atoms with E-state index in [4.69, 9.17) is 0 Å². The van der Waals surface area contributed by atoms with Crippen LogP contribution in [0.4, 0.5) is 0 Å². The van der Waals surface area contributed by atoms with Crippen molar-refractivity contribution in [2.45, 2.75) is 66.0 Å². The molecule has 1 fully saturated rings. The van der Waals surface area contributed by atoms with Crippen molar-refractivity contribution in [1.82, 2.24) is 10.2 Å². The van der Waals surface area contributed by atoms with Gasteiger partial charge in [0.05, 0.1) is 0 Å². The highest BCUT2D eigenvalue weighted by Gasteiger charge is 2.32. The summed E-state index contributed by atoms with van der Waals surface area (Å²) >= 11 is 0. The van der Waals surface area contributed by atoms with Crippen LogP contribution in [0.2, 0.25) is 0 Å². The molecule has 0 aliphatic heterocycles. The van der Waals surface area contributed by atoms with E-state index >= 15 is 0 Å². The molecular weight excluding hydrogens is 208 g/mol. The number of nitrogens with zero attached hydrogens (tertiary/aromatic N) is 1. The maximum Gasteiger partial charge on any atom is 0.00967 e. The molecule has 1 N–H and O–H groups in total. The zero-order chi connectivity index (χ0) is 13.3. The van der Waals surface area contributed by atoms with Crippen LogP contribution in [0.3, 0.4) is 0 Å². The van der Waals surface area contributed by atoms with E-state index in [2.05, 4.69) is 58.8 Å². The molecule has 0 aromatic heterocycles. The standard InChI is InChI=1S/C15H32N2/c1-12(13-8-9-13)17(7)11-15(5,6)10-16-14(2,3)4/h12-13,16H,8-11H2,1-7H3. The molecule has 1 rings (SSSR count). The second kappa shape index (κ2) is 5.27. The summed E-state index contributed by atoms with van der Waals surface area (Å²) in [7, 11) is 2.28. The molecule has 0 saturated heterocycles. The Morgan fingerprint density at radius 3 is 2.12 bits per heavy atom. The zero-order valence-corrected chi connectivity index (χ0v) is 12.9. The van der Waals surface area contributed by atoms with Crippen LogP contribution in [0, 0.1) is 11.3 Å². The molecule has 1 aliphatic rings. The first-order valence-electron chi connectivity index (χ1n) is 7.06. The van der Waals surface area contributed by atoms with Crippen LogP contribution in [0.15, 0.2) is 0 Å². The predicted octanol–water partition coefficient (Wildman–Crippen LogP) is 3.13. The first kappa shape index (κ1) is 15.0. The third-order valence-electron chi connectivity index (χ3n) is 3.77. The summed E-state index contributed by atoms with van der Waals surface area (Å²) in [4.78, 5) is 2.54. The van der Waals surface area contributed by atoms with Gasteiger partial charge in [-0.1, -0.05) is 13.8 Å². The molecule has 2 heteroatoms. The Kier molecular flexibility index (Phi) is 4.65. The van der Waals surface area contributed by atoms with Crippen molar-refractivity contribution < 1.29 is 0 Å². The van der Waals surface area contributed by atoms with Crippen LogP contribution < -0.4 is 5.32 Å². The molecule has 0 amide bonds. The van der Waals surface area contributed by atoms with Crippen LogP contribution in [0.1, 0.15) is 54.4 Å². The average molecular weight is 240 g/mol. The smallest absolute Gasteiger partial charge is 0.00967 e. The van der Waals surface area contributed by atoms with E-state index in [9.17, 15) is 0 Å². The van der Waals surface area contributed by atoms with Crippen LogP contribution >= 0.6 is 0 Å². The molecule has 0 aromatic carbocycles. The van der Waals surface area contributed by atoms with Crippen molar-refractivity contribution in [3.05, 3.63) is 0 Å². The monoisotopic (exact) mass is 240 g/mol. The summed E-state index contributed by atoms with van der Waals surface area (Å²) in [5.74, 6) is 0.964. The van der Waals surface area contributed by atoms with E-state index in [1.165, 1.54) is 19.4 Å². The number of nitrogens with one attached hydrogen (secondary N) is 1. The van der Waals surface area contributed by atoms with E-state index in [1.54, 1.807) is 0 Å². The van der Waals surface area contributed by atoms with Gasteiger partial charge in [-0.2, -0.15) is 0 Å². The lowest BCUT2D eigenvalue weighted by Gasteiger charge is -2.36. The van der Waals surface area contributed by atoms with Gasteiger partial charge in [0.25, 0.3) is 0 Å². The van der Waals surface area contributed by atoms with Gasteiger partial charge in [0.15, 0.2) is 0 Å². The number of hydrogen-bond acceptors (Lipinski definition) is 2. The zero-order valence-electron chi connectivity index (χ0n) is 12.9. The fourth-order valence-electron chi connectivity index (χ4n) is 2.32. The Morgan fingerprint density at radius 1 is 1.18 bits per heavy atom. The normalized spacial score (nSPS) is 19.8. The van der Waals surface area contributed by atoms with E-state index < -0.39 is 0 Å². The van der Waals surface area contributed by atoms with Gasteiger partial charge >= 0.3 is 0 Å². The first-order valence-corrected chi connectivity index (χ1v) is 7.06. The van der Waals surface area contributed by atoms with Crippen LogP contribution in [-0.4, -0.2) is 36.6 Å². The van der Waals surface area contributed by atoms with E-state index in [0.717, 1.165) is 18.5 Å². The van der Waals surface area contributed by atoms with Crippen molar-refractivity contribution in [2.75, 3.05) is 20.1 Å². The Hall–Kier alpha value is -0.0800. The van der Waals surface area contributed by atoms with Gasteiger partial charge in [0.2, 0.25) is 0 Å². The fourth-order valence-corrected chi connectivity index (χ4v) is 2.32. The molecule has 0 spiro atoms. The van der Waals surface area contributed by atoms with Gasteiger partial charge in [0, 0.05) is 24.7 Å². The first-order chi connectivity index (χ1) is 7.61. The van der Waals surface area contributed by atoms with Crippen molar-refractivity contribution >= 4 is 0 Å². The van der Waals surface area contributed by atoms with Crippen molar-refractivity contribution in [3.63, 3.8) is 0 Å². The molecule has 0 heterocycles. The molecule has 0 aromatic rings. The highest BCUT2D eigenvalue weighted by molar-refractivity contribution is 4.87. The highest BCUT2D eigenvalue weighted by Crippen LogP contribution is 2.35. The second-order valence-corrected chi connectivity index (χ2v) is 7.76. The SMILES string of the molecule is CC(C1CC1)N(C)CC(C)(C)CNC(C)(C)C. The third-order valence-corrected chi connectivity index (χ3v) is 3.77. The summed E-state index contributed by atoms with van der Waals surface area (Å²) < 4.78 is 0. The minimum absolute atomic E-state index is 0.220. The summed E-state index contributed by atoms with van der Waals surface area (Å²) in [6.45, 7) is 16.1. The van der Waals surface area contributed by atoms with Gasteiger partial charge in [-0.25, -0.2) is 0 Å². The molecular formula is C15H32N2. The van der Waals surface area contributed by atoms with Crippen LogP contribution in [0.25, 0.3) is 0 Å². The van der Waals surface area contributed by atoms with Gasteiger partial charge in [-0.3, -0.25) is 0 Å². The topological polar surface area (TPSA) is 15.3 Å². The summed E-state index contributed by atoms with van der Waals surface area (Å²) in [5, 5.41) is 3.62. The maximum atomic E-state index is 3.62. The third kappa shape index (κ3) is 5.87. The molecule has 1 unspecified atom stereocenters. The van der Waals surface area contributed by atoms with E-state index in [-0.39, 0.29) is 5.54 Å². The van der Waals surface area contributed by atoms with E-state index in [1.807, 2.05) is 0 Å². The molecule has 0 bridgehead atoms. The molecule has 1 atom stereocenters. The lowest BCUT2D eigenvalue weighted by molar-refractivity contribution is 0.146. The van der Waals surface area contributed by atoms with Crippen molar-refractivity contribution in [3.8, 4) is 0 Å². The summed E-state index contributed by atoms with van der Waals surface area (Å²) in [6.07, 6.45) is 2.87. The Labute approximate surface area is 108 Å². The number of rotatable bonds is 6. The van der Waals surface area contributed by atoms with Gasteiger partial charge in [-0.05, 0) is 58.9 Å². The Bertz CT molecular complexity index is 236. The van der Waals surface area contributed by atoms with E-state index in [0.29, 0.717) is 5.41 Å². The Morgan fingerprint density at radius 2 is 1.71 bits per heavy atom. The minimum Gasteiger partial charge on any atom is -0.311 e. The fraction of sp³-hybridized carbons (Fsp3) is 1.00. The quantitative estimate of drug-likeness (QED) is 0.767. The Balaban J connectivity index is 2.36. The van der Waals surface area contributed by atoms with Gasteiger partial charge < -0.3 is 10.2 Å². The lowest BCUT2D eigenvalue weighted by Crippen LogP contribution is -2.47. The molecule has 2 nitrogen and oxygen atoms in total. The van der Waals surface area contributed by atoms with Gasteiger partial charge in [-0.15, -0.1) is 0 Å². The molecule has 1 aliphatic carbocycles. The molecule has 17 heavy (non-hydrogen) atoms. The average Bonchev–Trinajstić information content (AvgIpc) is 2.95. The predicted molar refractivity (Wildman–Crippen MR) is 76.4 cm³/mol. The van der Waals surface area contributed by atoms with Gasteiger partial charge in [0.1, 0.15) is 0 Å². The second-order valence-electron chi connectivity index (χ2n) is 7.76.